The Bertz CT molecular complexity index is 837. The summed E-state index contributed by atoms with van der Waals surface area (Å²) >= 11 is 0. The molecule has 0 atom stereocenters. The van der Waals surface area contributed by atoms with Gasteiger partial charge in [-0.1, -0.05) is 29.8 Å². The number of aromatic nitrogens is 2. The molecule has 1 saturated heterocycles. The van der Waals surface area contributed by atoms with Gasteiger partial charge in [0.2, 0.25) is 5.69 Å². The van der Waals surface area contributed by atoms with E-state index in [1.165, 1.54) is 15.8 Å². The standard InChI is InChI=1S/C18H23N5O3/c1-13-5-4-6-15(11-13)12-21-7-9-22(10-8-21)18(24)16-17(23(25)26)14(2)20(3)19-16/h4-6,11H,7-10,12H2,1-3H3. The average molecular weight is 357 g/mol. The number of nitro groups is 1. The summed E-state index contributed by atoms with van der Waals surface area (Å²) in [6.45, 7) is 7.06. The minimum atomic E-state index is -0.524. The van der Waals surface area contributed by atoms with E-state index in [1.807, 2.05) is 6.07 Å². The van der Waals surface area contributed by atoms with E-state index in [0.717, 1.165) is 19.6 Å². The number of nitrogens with zero attached hydrogens (tertiary/aromatic N) is 5. The molecule has 0 aliphatic carbocycles. The van der Waals surface area contributed by atoms with Crippen LogP contribution in [0.3, 0.4) is 0 Å². The van der Waals surface area contributed by atoms with E-state index < -0.39 is 4.92 Å². The van der Waals surface area contributed by atoms with Crippen molar-refractivity contribution in [2.24, 2.45) is 7.05 Å². The number of carbonyl (C=O) groups excluding carboxylic acids is 1. The molecular formula is C18H23N5O3. The highest BCUT2D eigenvalue weighted by Gasteiger charge is 2.33. The summed E-state index contributed by atoms with van der Waals surface area (Å²) in [5, 5.41) is 15.4. The van der Waals surface area contributed by atoms with Crippen molar-refractivity contribution in [3.05, 3.63) is 56.9 Å². The predicted octanol–water partition coefficient (Wildman–Crippen LogP) is 1.90. The zero-order chi connectivity index (χ0) is 18.8. The molecule has 0 spiro atoms. The molecule has 1 fully saturated rings. The van der Waals surface area contributed by atoms with Crippen LogP contribution in [0, 0.1) is 24.0 Å². The van der Waals surface area contributed by atoms with Gasteiger partial charge >= 0.3 is 5.69 Å². The second kappa shape index (κ2) is 7.25. The first-order valence-corrected chi connectivity index (χ1v) is 8.62. The molecule has 0 radical (unpaired) electrons. The van der Waals surface area contributed by atoms with Crippen LogP contribution in [-0.4, -0.2) is 56.6 Å². The normalized spacial score (nSPS) is 15.3. The van der Waals surface area contributed by atoms with Crippen molar-refractivity contribution in [2.75, 3.05) is 26.2 Å². The minimum absolute atomic E-state index is 0.0675. The molecular weight excluding hydrogens is 334 g/mol. The van der Waals surface area contributed by atoms with Crippen molar-refractivity contribution in [1.82, 2.24) is 19.6 Å². The first-order chi connectivity index (χ1) is 12.4. The molecule has 0 bridgehead atoms. The predicted molar refractivity (Wildman–Crippen MR) is 97.0 cm³/mol. The van der Waals surface area contributed by atoms with Crippen molar-refractivity contribution in [1.29, 1.82) is 0 Å². The zero-order valence-corrected chi connectivity index (χ0v) is 15.3. The molecule has 1 amide bonds. The minimum Gasteiger partial charge on any atom is -0.334 e. The molecule has 2 heterocycles. The van der Waals surface area contributed by atoms with Crippen molar-refractivity contribution >= 4 is 11.6 Å². The van der Waals surface area contributed by atoms with E-state index in [2.05, 4.69) is 35.1 Å². The lowest BCUT2D eigenvalue weighted by atomic mass is 10.1. The number of piperazine rings is 1. The van der Waals surface area contributed by atoms with Crippen LogP contribution in [0.25, 0.3) is 0 Å². The van der Waals surface area contributed by atoms with Crippen LogP contribution in [0.2, 0.25) is 0 Å². The maximum atomic E-state index is 12.7. The van der Waals surface area contributed by atoms with E-state index in [9.17, 15) is 14.9 Å². The molecule has 0 saturated carbocycles. The third-order valence-electron chi connectivity index (χ3n) is 4.84. The molecule has 0 unspecified atom stereocenters. The summed E-state index contributed by atoms with van der Waals surface area (Å²) in [7, 11) is 1.61. The van der Waals surface area contributed by atoms with E-state index in [0.29, 0.717) is 18.8 Å². The quantitative estimate of drug-likeness (QED) is 0.616. The zero-order valence-electron chi connectivity index (χ0n) is 15.3. The van der Waals surface area contributed by atoms with Crippen LogP contribution in [0.15, 0.2) is 24.3 Å². The lowest BCUT2D eigenvalue weighted by molar-refractivity contribution is -0.385. The summed E-state index contributed by atoms with van der Waals surface area (Å²) < 4.78 is 1.39. The lowest BCUT2D eigenvalue weighted by Gasteiger charge is -2.34. The number of aryl methyl sites for hydroxylation is 2. The van der Waals surface area contributed by atoms with Crippen molar-refractivity contribution in [3.63, 3.8) is 0 Å². The Labute approximate surface area is 152 Å². The van der Waals surface area contributed by atoms with Gasteiger partial charge in [-0.25, -0.2) is 0 Å². The number of rotatable bonds is 4. The second-order valence-electron chi connectivity index (χ2n) is 6.72. The van der Waals surface area contributed by atoms with Crippen LogP contribution in [-0.2, 0) is 13.6 Å². The summed E-state index contributed by atoms with van der Waals surface area (Å²) in [6.07, 6.45) is 0. The number of amides is 1. The molecule has 3 rings (SSSR count). The van der Waals surface area contributed by atoms with Gasteiger partial charge in [0.1, 0.15) is 5.69 Å². The topological polar surface area (TPSA) is 84.5 Å². The van der Waals surface area contributed by atoms with Gasteiger partial charge in [0.25, 0.3) is 5.91 Å². The summed E-state index contributed by atoms with van der Waals surface area (Å²) in [4.78, 5) is 27.4. The van der Waals surface area contributed by atoms with E-state index in [1.54, 1.807) is 18.9 Å². The van der Waals surface area contributed by atoms with Gasteiger partial charge in [-0.05, 0) is 19.4 Å². The van der Waals surface area contributed by atoms with Crippen LogP contribution in [0.4, 0.5) is 5.69 Å². The molecule has 8 heteroatoms. The van der Waals surface area contributed by atoms with Gasteiger partial charge < -0.3 is 4.90 Å². The Morgan fingerprint density at radius 1 is 1.23 bits per heavy atom. The molecule has 1 aliphatic rings. The second-order valence-corrected chi connectivity index (χ2v) is 6.72. The Morgan fingerprint density at radius 3 is 2.54 bits per heavy atom. The van der Waals surface area contributed by atoms with Gasteiger partial charge in [0.05, 0.1) is 4.92 Å². The van der Waals surface area contributed by atoms with Crippen LogP contribution in [0.1, 0.15) is 27.3 Å². The van der Waals surface area contributed by atoms with Crippen molar-refractivity contribution in [2.45, 2.75) is 20.4 Å². The highest BCUT2D eigenvalue weighted by atomic mass is 16.6. The van der Waals surface area contributed by atoms with Crippen molar-refractivity contribution < 1.29 is 9.72 Å². The van der Waals surface area contributed by atoms with E-state index >= 15 is 0 Å². The maximum absolute atomic E-state index is 12.7. The lowest BCUT2D eigenvalue weighted by Crippen LogP contribution is -2.48. The maximum Gasteiger partial charge on any atom is 0.322 e. The number of hydrogen-bond donors (Lipinski definition) is 0. The SMILES string of the molecule is Cc1cccc(CN2CCN(C(=O)c3nn(C)c(C)c3[N+](=O)[O-])CC2)c1. The Hall–Kier alpha value is -2.74. The third kappa shape index (κ3) is 3.60. The largest absolute Gasteiger partial charge is 0.334 e. The fourth-order valence-corrected chi connectivity index (χ4v) is 3.29. The number of benzene rings is 1. The number of carbonyl (C=O) groups is 1. The highest BCUT2D eigenvalue weighted by molar-refractivity contribution is 5.96. The van der Waals surface area contributed by atoms with Gasteiger partial charge in [-0.3, -0.25) is 24.5 Å². The monoisotopic (exact) mass is 357 g/mol. The van der Waals surface area contributed by atoms with E-state index in [-0.39, 0.29) is 17.3 Å². The molecule has 1 aliphatic heterocycles. The molecule has 0 N–H and O–H groups in total. The molecule has 138 valence electrons. The Balaban J connectivity index is 1.66. The van der Waals surface area contributed by atoms with Gasteiger partial charge in [0, 0.05) is 39.8 Å². The number of hydrogen-bond acceptors (Lipinski definition) is 5. The molecule has 2 aromatic rings. The molecule has 1 aromatic heterocycles. The van der Waals surface area contributed by atoms with E-state index in [4.69, 9.17) is 0 Å². The first kappa shape index (κ1) is 18.1. The molecule has 26 heavy (non-hydrogen) atoms. The fourth-order valence-electron chi connectivity index (χ4n) is 3.29. The summed E-state index contributed by atoms with van der Waals surface area (Å²) in [6, 6.07) is 8.39. The molecule has 8 nitrogen and oxygen atoms in total. The summed E-state index contributed by atoms with van der Waals surface area (Å²) in [5.74, 6) is -0.365. The van der Waals surface area contributed by atoms with Gasteiger partial charge in [-0.2, -0.15) is 5.10 Å². The summed E-state index contributed by atoms with van der Waals surface area (Å²) in [5.41, 5.74) is 2.60. The van der Waals surface area contributed by atoms with Crippen LogP contribution < -0.4 is 0 Å². The van der Waals surface area contributed by atoms with Crippen molar-refractivity contribution in [3.8, 4) is 0 Å². The molecule has 1 aromatic carbocycles. The van der Waals surface area contributed by atoms with Gasteiger partial charge in [0.15, 0.2) is 0 Å². The van der Waals surface area contributed by atoms with Crippen LogP contribution in [0.5, 0.6) is 0 Å². The Morgan fingerprint density at radius 2 is 1.92 bits per heavy atom. The fraction of sp³-hybridized carbons (Fsp3) is 0.444. The van der Waals surface area contributed by atoms with Gasteiger partial charge in [-0.15, -0.1) is 0 Å². The highest BCUT2D eigenvalue weighted by Crippen LogP contribution is 2.24. The smallest absolute Gasteiger partial charge is 0.322 e. The van der Waals surface area contributed by atoms with Crippen LogP contribution >= 0.6 is 0 Å². The Kier molecular flexibility index (Phi) is 5.03. The third-order valence-corrected chi connectivity index (χ3v) is 4.84. The average Bonchev–Trinajstić information content (AvgIpc) is 2.90. The first-order valence-electron chi connectivity index (χ1n) is 8.62.